The highest BCUT2D eigenvalue weighted by atomic mass is 19.1. The van der Waals surface area contributed by atoms with Gasteiger partial charge in [-0.2, -0.15) is 0 Å². The van der Waals surface area contributed by atoms with E-state index in [9.17, 15) is 9.18 Å². The van der Waals surface area contributed by atoms with Crippen LogP contribution < -0.4 is 10.1 Å². The molecule has 0 heterocycles. The number of carbonyl (C=O) groups is 1. The van der Waals surface area contributed by atoms with Gasteiger partial charge < -0.3 is 19.7 Å². The molecule has 0 aliphatic rings. The number of halogens is 1. The lowest BCUT2D eigenvalue weighted by Crippen LogP contribution is -2.39. The van der Waals surface area contributed by atoms with Crippen LogP contribution in [-0.4, -0.2) is 49.7 Å². The molecule has 0 aliphatic heterocycles. The van der Waals surface area contributed by atoms with Crippen LogP contribution in [0.5, 0.6) is 5.75 Å². The number of nitrogens with one attached hydrogen (secondary N) is 1. The molecule has 0 bridgehead atoms. The summed E-state index contributed by atoms with van der Waals surface area (Å²) < 4.78 is 24.0. The zero-order valence-electron chi connectivity index (χ0n) is 15.9. The number of hydrogen-bond acceptors (Lipinski definition) is 4. The van der Waals surface area contributed by atoms with E-state index in [4.69, 9.17) is 9.47 Å². The van der Waals surface area contributed by atoms with Crippen molar-refractivity contribution in [2.24, 2.45) is 4.99 Å². The number of esters is 1. The van der Waals surface area contributed by atoms with Crippen LogP contribution in [0.3, 0.4) is 0 Å². The molecule has 0 atom stereocenters. The number of nitrogens with zero attached hydrogens (tertiary/aromatic N) is 2. The molecule has 1 aromatic rings. The summed E-state index contributed by atoms with van der Waals surface area (Å²) >= 11 is 0. The number of benzene rings is 1. The second kappa shape index (κ2) is 9.25. The highest BCUT2D eigenvalue weighted by Gasteiger charge is 2.16. The second-order valence-corrected chi connectivity index (χ2v) is 6.58. The maximum atomic E-state index is 13.8. The molecule has 1 N–H and O–H groups in total. The van der Waals surface area contributed by atoms with Crippen LogP contribution in [-0.2, 0) is 16.1 Å². The normalized spacial score (nSPS) is 11.9. The molecular formula is C18H28FN3O3. The molecule has 7 heteroatoms. The maximum absolute atomic E-state index is 13.8. The summed E-state index contributed by atoms with van der Waals surface area (Å²) in [5.74, 6) is -0.0580. The first-order valence-corrected chi connectivity index (χ1v) is 8.20. The number of methoxy groups -OCH3 is 1. The topological polar surface area (TPSA) is 63.2 Å². The summed E-state index contributed by atoms with van der Waals surface area (Å²) in [6.45, 7) is 8.36. The number of guanidine groups is 1. The number of aliphatic imine (C=N–C) groups is 1. The SMILES string of the molecule is CCNC(=NCC(=O)OC(C)(C)C)N(C)Cc1ccc(OC)c(F)c1. The van der Waals surface area contributed by atoms with E-state index in [0.717, 1.165) is 5.56 Å². The van der Waals surface area contributed by atoms with Gasteiger partial charge in [0.15, 0.2) is 17.5 Å². The monoisotopic (exact) mass is 353 g/mol. The van der Waals surface area contributed by atoms with Crippen LogP contribution in [0.1, 0.15) is 33.3 Å². The Morgan fingerprint density at radius 3 is 2.56 bits per heavy atom. The Balaban J connectivity index is 2.78. The Bertz CT molecular complexity index is 612. The van der Waals surface area contributed by atoms with Crippen LogP contribution in [0.15, 0.2) is 23.2 Å². The van der Waals surface area contributed by atoms with Gasteiger partial charge in [0.05, 0.1) is 7.11 Å². The van der Waals surface area contributed by atoms with Gasteiger partial charge in [0.1, 0.15) is 12.1 Å². The van der Waals surface area contributed by atoms with E-state index >= 15 is 0 Å². The van der Waals surface area contributed by atoms with Gasteiger partial charge >= 0.3 is 5.97 Å². The highest BCUT2D eigenvalue weighted by Crippen LogP contribution is 2.18. The minimum atomic E-state index is -0.544. The molecule has 0 aliphatic carbocycles. The van der Waals surface area contributed by atoms with Crippen molar-refractivity contribution in [2.75, 3.05) is 27.2 Å². The van der Waals surface area contributed by atoms with E-state index in [1.165, 1.54) is 13.2 Å². The molecule has 0 saturated carbocycles. The first-order valence-electron chi connectivity index (χ1n) is 8.20. The largest absolute Gasteiger partial charge is 0.494 e. The summed E-state index contributed by atoms with van der Waals surface area (Å²) in [4.78, 5) is 17.9. The molecule has 1 aromatic carbocycles. The van der Waals surface area contributed by atoms with Crippen molar-refractivity contribution in [3.05, 3.63) is 29.6 Å². The van der Waals surface area contributed by atoms with Crippen LogP contribution in [0.2, 0.25) is 0 Å². The first-order chi connectivity index (χ1) is 11.7. The minimum absolute atomic E-state index is 0.0824. The maximum Gasteiger partial charge on any atom is 0.328 e. The van der Waals surface area contributed by atoms with Gasteiger partial charge in [-0.1, -0.05) is 6.07 Å². The Morgan fingerprint density at radius 2 is 2.04 bits per heavy atom. The van der Waals surface area contributed by atoms with Crippen molar-refractivity contribution < 1.29 is 18.7 Å². The van der Waals surface area contributed by atoms with E-state index < -0.39 is 17.4 Å². The number of ether oxygens (including phenoxy) is 2. The van der Waals surface area contributed by atoms with E-state index in [0.29, 0.717) is 19.0 Å². The molecule has 0 amide bonds. The second-order valence-electron chi connectivity index (χ2n) is 6.58. The lowest BCUT2D eigenvalue weighted by Gasteiger charge is -2.23. The molecular weight excluding hydrogens is 325 g/mol. The molecule has 0 saturated heterocycles. The summed E-state index contributed by atoms with van der Waals surface area (Å²) in [5.41, 5.74) is 0.223. The smallest absolute Gasteiger partial charge is 0.328 e. The van der Waals surface area contributed by atoms with E-state index in [2.05, 4.69) is 10.3 Å². The summed E-state index contributed by atoms with van der Waals surface area (Å²) in [6.07, 6.45) is 0. The molecule has 25 heavy (non-hydrogen) atoms. The fraction of sp³-hybridized carbons (Fsp3) is 0.556. The molecule has 0 spiro atoms. The first kappa shape index (κ1) is 20.7. The Kier molecular flexibility index (Phi) is 7.67. The molecule has 0 unspecified atom stereocenters. The van der Waals surface area contributed by atoms with Gasteiger partial charge in [-0.3, -0.25) is 4.79 Å². The Labute approximate surface area is 149 Å². The predicted octanol–water partition coefficient (Wildman–Crippen LogP) is 2.57. The van der Waals surface area contributed by atoms with Gasteiger partial charge in [-0.15, -0.1) is 0 Å². The highest BCUT2D eigenvalue weighted by molar-refractivity contribution is 5.83. The summed E-state index contributed by atoms with van der Waals surface area (Å²) in [7, 11) is 3.25. The molecule has 6 nitrogen and oxygen atoms in total. The number of carbonyl (C=O) groups excluding carboxylic acids is 1. The standard InChI is InChI=1S/C18H28FN3O3/c1-7-20-17(21-11-16(23)25-18(2,3)4)22(5)12-13-8-9-15(24-6)14(19)10-13/h8-10H,7,11-12H2,1-6H3,(H,20,21). The number of hydrogen-bond donors (Lipinski definition) is 1. The van der Waals surface area contributed by atoms with Crippen molar-refractivity contribution in [2.45, 2.75) is 39.8 Å². The third-order valence-corrected chi connectivity index (χ3v) is 3.11. The van der Waals surface area contributed by atoms with E-state index in [-0.39, 0.29) is 12.3 Å². The van der Waals surface area contributed by atoms with Gasteiger partial charge in [0, 0.05) is 20.1 Å². The quantitative estimate of drug-likeness (QED) is 0.484. The van der Waals surface area contributed by atoms with Crippen molar-refractivity contribution in [1.29, 1.82) is 0 Å². The van der Waals surface area contributed by atoms with Crippen molar-refractivity contribution >= 4 is 11.9 Å². The van der Waals surface area contributed by atoms with Crippen molar-refractivity contribution in [1.82, 2.24) is 10.2 Å². The van der Waals surface area contributed by atoms with Crippen molar-refractivity contribution in [3.8, 4) is 5.75 Å². The average Bonchev–Trinajstić information content (AvgIpc) is 2.49. The minimum Gasteiger partial charge on any atom is -0.494 e. The third-order valence-electron chi connectivity index (χ3n) is 3.11. The Hall–Kier alpha value is -2.31. The zero-order valence-corrected chi connectivity index (χ0v) is 15.9. The summed E-state index contributed by atoms with van der Waals surface area (Å²) in [6, 6.07) is 4.80. The Morgan fingerprint density at radius 1 is 1.36 bits per heavy atom. The van der Waals surface area contributed by atoms with Gasteiger partial charge in [-0.25, -0.2) is 9.38 Å². The van der Waals surface area contributed by atoms with Crippen LogP contribution in [0.25, 0.3) is 0 Å². The fourth-order valence-corrected chi connectivity index (χ4v) is 2.14. The lowest BCUT2D eigenvalue weighted by molar-refractivity contribution is -0.152. The average molecular weight is 353 g/mol. The molecule has 1 rings (SSSR count). The van der Waals surface area contributed by atoms with Crippen LogP contribution in [0.4, 0.5) is 4.39 Å². The lowest BCUT2D eigenvalue weighted by atomic mass is 10.2. The zero-order chi connectivity index (χ0) is 19.0. The van der Waals surface area contributed by atoms with Gasteiger partial charge in [-0.05, 0) is 45.4 Å². The molecule has 0 fully saturated rings. The molecule has 0 radical (unpaired) electrons. The molecule has 0 aromatic heterocycles. The summed E-state index contributed by atoms with van der Waals surface area (Å²) in [5, 5.41) is 3.11. The fourth-order valence-electron chi connectivity index (χ4n) is 2.14. The molecule has 140 valence electrons. The van der Waals surface area contributed by atoms with E-state index in [1.54, 1.807) is 12.1 Å². The van der Waals surface area contributed by atoms with E-state index in [1.807, 2.05) is 39.6 Å². The van der Waals surface area contributed by atoms with Gasteiger partial charge in [0.25, 0.3) is 0 Å². The predicted molar refractivity (Wildman–Crippen MR) is 96.2 cm³/mol. The van der Waals surface area contributed by atoms with Crippen LogP contribution in [0, 0.1) is 5.82 Å². The number of rotatable bonds is 6. The van der Waals surface area contributed by atoms with Gasteiger partial charge in [0.2, 0.25) is 0 Å². The van der Waals surface area contributed by atoms with Crippen LogP contribution >= 0.6 is 0 Å². The third kappa shape index (κ3) is 7.41. The van der Waals surface area contributed by atoms with Crippen molar-refractivity contribution in [3.63, 3.8) is 0 Å².